The van der Waals surface area contributed by atoms with Gasteiger partial charge in [-0.25, -0.2) is 9.59 Å². The van der Waals surface area contributed by atoms with Crippen molar-refractivity contribution in [1.29, 1.82) is 0 Å². The molecule has 0 aliphatic carbocycles. The Bertz CT molecular complexity index is 1150. The molecule has 2 aliphatic rings. The Labute approximate surface area is 261 Å². The monoisotopic (exact) mass is 606 g/mol. The molecule has 0 spiro atoms. The van der Waals surface area contributed by atoms with Crippen LogP contribution in [0.25, 0.3) is 0 Å². The first-order valence-electron chi connectivity index (χ1n) is 15.9. The van der Waals surface area contributed by atoms with Crippen molar-refractivity contribution in [3.63, 3.8) is 0 Å². The molecular formula is C34H46N4O6. The lowest BCUT2D eigenvalue weighted by molar-refractivity contribution is 0.177. The van der Waals surface area contributed by atoms with Gasteiger partial charge >= 0.3 is 12.2 Å². The number of nitrogens with zero attached hydrogens (tertiary/aromatic N) is 4. The van der Waals surface area contributed by atoms with E-state index in [1.165, 1.54) is 38.5 Å². The lowest BCUT2D eigenvalue weighted by atomic mass is 10.0. The van der Waals surface area contributed by atoms with Gasteiger partial charge in [0.15, 0.2) is 0 Å². The summed E-state index contributed by atoms with van der Waals surface area (Å²) in [4.78, 5) is 37.7. The van der Waals surface area contributed by atoms with E-state index >= 15 is 0 Å². The zero-order chi connectivity index (χ0) is 31.0. The highest BCUT2D eigenvalue weighted by Crippen LogP contribution is 2.21. The molecule has 2 aromatic rings. The molecule has 4 rings (SSSR count). The van der Waals surface area contributed by atoms with E-state index in [-0.39, 0.29) is 12.2 Å². The van der Waals surface area contributed by atoms with Crippen LogP contribution in [0, 0.1) is 0 Å². The lowest BCUT2D eigenvalue weighted by Gasteiger charge is -2.18. The second kappa shape index (κ2) is 17.9. The Morgan fingerprint density at radius 3 is 1.20 bits per heavy atom. The topological polar surface area (TPSA) is 102 Å². The van der Waals surface area contributed by atoms with Crippen LogP contribution < -0.4 is 18.9 Å². The van der Waals surface area contributed by atoms with E-state index in [4.69, 9.17) is 18.9 Å². The second-order valence-corrected chi connectivity index (χ2v) is 11.0. The number of amidine groups is 2. The van der Waals surface area contributed by atoms with Crippen LogP contribution in [0.4, 0.5) is 9.59 Å². The summed E-state index contributed by atoms with van der Waals surface area (Å²) in [7, 11) is 3.21. The molecule has 2 heterocycles. The number of methoxy groups -OCH3 is 2. The summed E-state index contributed by atoms with van der Waals surface area (Å²) in [6, 6.07) is 14.0. The van der Waals surface area contributed by atoms with Crippen molar-refractivity contribution in [3.8, 4) is 23.0 Å². The first-order chi connectivity index (χ1) is 21.6. The van der Waals surface area contributed by atoms with E-state index in [2.05, 4.69) is 9.98 Å². The van der Waals surface area contributed by atoms with Crippen LogP contribution in [0.2, 0.25) is 0 Å². The molecule has 0 saturated heterocycles. The SMILES string of the molecule is COc1ccc(OC(=O)N2CCN=C2CCCCCCCCCCCCC2=NCCN2C(=O)Oc2ccc(OC)cc2)cc1. The van der Waals surface area contributed by atoms with Gasteiger partial charge in [-0.1, -0.05) is 51.4 Å². The maximum absolute atomic E-state index is 12.6. The van der Waals surface area contributed by atoms with Crippen molar-refractivity contribution in [3.05, 3.63) is 48.5 Å². The molecule has 44 heavy (non-hydrogen) atoms. The number of hydrogen-bond donors (Lipinski definition) is 0. The molecule has 238 valence electrons. The van der Waals surface area contributed by atoms with Crippen LogP contribution >= 0.6 is 0 Å². The Morgan fingerprint density at radius 2 is 0.864 bits per heavy atom. The second-order valence-electron chi connectivity index (χ2n) is 11.0. The van der Waals surface area contributed by atoms with E-state index in [9.17, 15) is 9.59 Å². The molecule has 0 N–H and O–H groups in total. The van der Waals surface area contributed by atoms with E-state index < -0.39 is 0 Å². The van der Waals surface area contributed by atoms with Gasteiger partial charge in [-0.2, -0.15) is 0 Å². The van der Waals surface area contributed by atoms with Gasteiger partial charge in [0.2, 0.25) is 0 Å². The third-order valence-corrected chi connectivity index (χ3v) is 7.88. The minimum Gasteiger partial charge on any atom is -0.497 e. The largest absolute Gasteiger partial charge is 0.497 e. The number of rotatable bonds is 17. The summed E-state index contributed by atoms with van der Waals surface area (Å²) < 4.78 is 21.3. The average Bonchev–Trinajstić information content (AvgIpc) is 3.72. The van der Waals surface area contributed by atoms with Crippen molar-refractivity contribution in [2.24, 2.45) is 9.98 Å². The Kier molecular flexibility index (Phi) is 13.4. The minimum atomic E-state index is -0.368. The van der Waals surface area contributed by atoms with Crippen LogP contribution in [0.15, 0.2) is 58.5 Å². The Balaban J connectivity index is 0.989. The highest BCUT2D eigenvalue weighted by atomic mass is 16.6. The fourth-order valence-electron chi connectivity index (χ4n) is 5.39. The third kappa shape index (κ3) is 10.3. The number of amides is 2. The molecule has 0 bridgehead atoms. The van der Waals surface area contributed by atoms with Gasteiger partial charge in [0.05, 0.1) is 40.4 Å². The normalized spacial score (nSPS) is 14.3. The minimum absolute atomic E-state index is 0.368. The van der Waals surface area contributed by atoms with E-state index in [1.807, 2.05) is 0 Å². The third-order valence-electron chi connectivity index (χ3n) is 7.88. The predicted molar refractivity (Wildman–Crippen MR) is 171 cm³/mol. The van der Waals surface area contributed by atoms with Gasteiger partial charge in [-0.15, -0.1) is 0 Å². The molecule has 2 amide bonds. The van der Waals surface area contributed by atoms with E-state index in [0.717, 1.165) is 61.7 Å². The van der Waals surface area contributed by atoms with Gasteiger partial charge in [-0.05, 0) is 61.4 Å². The molecule has 0 radical (unpaired) electrons. The first kappa shape index (κ1) is 32.8. The standard InChI is InChI=1S/C34H46N4O6/c1-41-27-15-19-29(20-16-27)43-33(39)37-25-23-35-31(37)13-11-9-7-5-3-4-6-8-10-12-14-32-36-24-26-38(32)34(40)44-30-21-17-28(42-2)18-22-30/h15-22H,3-14,23-26H2,1-2H3. The van der Waals surface area contributed by atoms with Crippen molar-refractivity contribution in [2.75, 3.05) is 40.4 Å². The van der Waals surface area contributed by atoms with Crippen LogP contribution in [-0.2, 0) is 0 Å². The van der Waals surface area contributed by atoms with Gasteiger partial charge < -0.3 is 18.9 Å². The van der Waals surface area contributed by atoms with E-state index in [0.29, 0.717) is 37.7 Å². The van der Waals surface area contributed by atoms with Gasteiger partial charge in [0.1, 0.15) is 34.7 Å². The van der Waals surface area contributed by atoms with E-state index in [1.54, 1.807) is 72.6 Å². The molecule has 0 aromatic heterocycles. The molecule has 0 saturated carbocycles. The van der Waals surface area contributed by atoms with Crippen LogP contribution in [0.5, 0.6) is 23.0 Å². The fraction of sp³-hybridized carbons (Fsp3) is 0.529. The number of aliphatic imine (C=N–C) groups is 2. The molecular weight excluding hydrogens is 560 g/mol. The van der Waals surface area contributed by atoms with Crippen LogP contribution in [-0.4, -0.2) is 74.1 Å². The number of carbonyl (C=O) groups is 2. The number of unbranched alkanes of at least 4 members (excludes halogenated alkanes) is 9. The number of hydrogen-bond acceptors (Lipinski definition) is 8. The van der Waals surface area contributed by atoms with Crippen LogP contribution in [0.3, 0.4) is 0 Å². The highest BCUT2D eigenvalue weighted by molar-refractivity contribution is 5.98. The zero-order valence-electron chi connectivity index (χ0n) is 26.2. The summed E-state index contributed by atoms with van der Waals surface area (Å²) in [5.74, 6) is 4.12. The molecule has 0 fully saturated rings. The summed E-state index contributed by atoms with van der Waals surface area (Å²) in [5, 5.41) is 0. The molecule has 2 aromatic carbocycles. The average molecular weight is 607 g/mol. The number of benzene rings is 2. The smallest absolute Gasteiger partial charge is 0.420 e. The maximum atomic E-state index is 12.6. The van der Waals surface area contributed by atoms with Crippen LogP contribution in [0.1, 0.15) is 77.0 Å². The Hall–Kier alpha value is -4.08. The summed E-state index contributed by atoms with van der Waals surface area (Å²) in [6.45, 7) is 2.43. The van der Waals surface area contributed by atoms with Gasteiger partial charge in [0, 0.05) is 12.8 Å². The van der Waals surface area contributed by atoms with Crippen molar-refractivity contribution in [2.45, 2.75) is 77.0 Å². The summed E-state index contributed by atoms with van der Waals surface area (Å²) in [5.41, 5.74) is 0. The Morgan fingerprint density at radius 1 is 0.545 bits per heavy atom. The quantitative estimate of drug-likeness (QED) is 0.173. The number of ether oxygens (including phenoxy) is 4. The summed E-state index contributed by atoms with van der Waals surface area (Å²) in [6.07, 6.45) is 12.6. The first-order valence-corrected chi connectivity index (χ1v) is 15.9. The zero-order valence-corrected chi connectivity index (χ0v) is 26.2. The van der Waals surface area contributed by atoms with Gasteiger partial charge in [0.25, 0.3) is 0 Å². The highest BCUT2D eigenvalue weighted by Gasteiger charge is 2.26. The predicted octanol–water partition coefficient (Wildman–Crippen LogP) is 7.51. The van der Waals surface area contributed by atoms with Crippen molar-refractivity contribution in [1.82, 2.24) is 9.80 Å². The molecule has 10 nitrogen and oxygen atoms in total. The molecule has 2 aliphatic heterocycles. The molecule has 0 atom stereocenters. The fourth-order valence-corrected chi connectivity index (χ4v) is 5.39. The molecule has 0 unspecified atom stereocenters. The lowest BCUT2D eigenvalue weighted by Crippen LogP contribution is -2.36. The number of carbonyl (C=O) groups excluding carboxylic acids is 2. The van der Waals surface area contributed by atoms with Crippen molar-refractivity contribution < 1.29 is 28.5 Å². The van der Waals surface area contributed by atoms with Gasteiger partial charge in [-0.3, -0.25) is 19.8 Å². The van der Waals surface area contributed by atoms with Crippen molar-refractivity contribution >= 4 is 23.9 Å². The summed E-state index contributed by atoms with van der Waals surface area (Å²) >= 11 is 0. The maximum Gasteiger partial charge on any atom is 0.420 e. The molecule has 10 heteroatoms.